The number of hydrogen-bond donors (Lipinski definition) is 11. The first-order valence-corrected chi connectivity index (χ1v) is 24.0. The number of methoxy groups -OCH3 is 1. The first-order valence-electron chi connectivity index (χ1n) is 24.0. The maximum Gasteiger partial charge on any atom is 0.328 e. The van der Waals surface area contributed by atoms with Crippen molar-refractivity contribution in [1.82, 2.24) is 41.7 Å². The number of primary amides is 1. The van der Waals surface area contributed by atoms with Crippen LogP contribution in [0.15, 0.2) is 29.3 Å². The van der Waals surface area contributed by atoms with E-state index in [4.69, 9.17) is 26.7 Å². The molecule has 406 valence electrons. The summed E-state index contributed by atoms with van der Waals surface area (Å²) in [5, 5.41) is 36.3. The minimum absolute atomic E-state index is 0.0162. The van der Waals surface area contributed by atoms with Crippen LogP contribution in [0.3, 0.4) is 0 Å². The number of ether oxygens (including phenoxy) is 2. The Morgan fingerprint density at radius 1 is 0.781 bits per heavy atom. The van der Waals surface area contributed by atoms with Crippen molar-refractivity contribution >= 4 is 65.1 Å². The topological polar surface area (TPSA) is 399 Å². The summed E-state index contributed by atoms with van der Waals surface area (Å²) in [5.74, 6) is -11.1. The van der Waals surface area contributed by atoms with Gasteiger partial charge in [-0.1, -0.05) is 39.8 Å². The number of aromatic hydroxyl groups is 1. The molecule has 2 fully saturated rings. The Morgan fingerprint density at radius 2 is 1.38 bits per heavy atom. The maximum atomic E-state index is 14.8. The number of likely N-dealkylation sites (N-methyl/N-ethyl adjacent to an activating group) is 2. The van der Waals surface area contributed by atoms with Gasteiger partial charge in [-0.3, -0.25) is 48.1 Å². The number of benzene rings is 1. The van der Waals surface area contributed by atoms with Gasteiger partial charge >= 0.3 is 5.97 Å². The summed E-state index contributed by atoms with van der Waals surface area (Å²) >= 11 is 0. The number of esters is 1. The van der Waals surface area contributed by atoms with Crippen molar-refractivity contribution in [2.45, 2.75) is 147 Å². The molecule has 0 aliphatic carbocycles. The largest absolute Gasteiger partial charge is 0.508 e. The molecule has 0 bridgehead atoms. The van der Waals surface area contributed by atoms with Gasteiger partial charge in [0.25, 0.3) is 0 Å². The summed E-state index contributed by atoms with van der Waals surface area (Å²) in [7, 11) is 3.68. The first-order chi connectivity index (χ1) is 34.1. The smallest absolute Gasteiger partial charge is 0.328 e. The SMILES string of the molecule is CO[C@H](c1ccc(O)cc1)[C@H]1NC(=O)[C@H](CCC(N)=O)N(C)C(=O)C(CC(C)C)NC(=O)[C@@H](CCCN=C(N)N)NC(=O)[C@@H]([C@@H](C)O)NC(=O)C(NC(=O)[C@H]2NC(=O)[C@H](C)[C@@H]2C)[C@@H](C)OC(=O)[C@H](C)N(C)C1=O. The zero-order chi connectivity index (χ0) is 55.2. The van der Waals surface area contributed by atoms with Gasteiger partial charge in [-0.25, -0.2) is 4.79 Å². The van der Waals surface area contributed by atoms with Gasteiger partial charge in [0.05, 0.1) is 6.10 Å². The predicted octanol–water partition coefficient (Wildman–Crippen LogP) is -3.36. The molecular weight excluding hydrogens is 957 g/mol. The second-order valence-electron chi connectivity index (χ2n) is 19.0. The number of amides is 9. The molecule has 73 heavy (non-hydrogen) atoms. The molecule has 2 unspecified atom stereocenters. The predicted molar refractivity (Wildman–Crippen MR) is 262 cm³/mol. The lowest BCUT2D eigenvalue weighted by Gasteiger charge is -2.36. The Hall–Kier alpha value is -7.09. The Labute approximate surface area is 424 Å². The van der Waals surface area contributed by atoms with Gasteiger partial charge < -0.3 is 78.6 Å². The number of cyclic esters (lactones) is 1. The first kappa shape index (κ1) is 60.2. The number of carbonyl (C=O) groups excluding carboxylic acids is 10. The minimum atomic E-state index is -1.85. The normalized spacial score (nSPS) is 28.2. The minimum Gasteiger partial charge on any atom is -0.508 e. The van der Waals surface area contributed by atoms with E-state index in [1.54, 1.807) is 27.7 Å². The van der Waals surface area contributed by atoms with E-state index in [0.717, 1.165) is 16.7 Å². The molecule has 2 aliphatic heterocycles. The number of phenolic OH excluding ortho intramolecular Hbond substituents is 1. The molecule has 2 aliphatic rings. The van der Waals surface area contributed by atoms with Crippen molar-refractivity contribution in [3.8, 4) is 5.75 Å². The fraction of sp³-hybridized carbons (Fsp3) is 0.638. The van der Waals surface area contributed by atoms with E-state index in [9.17, 15) is 58.2 Å². The van der Waals surface area contributed by atoms with Gasteiger partial charge in [0, 0.05) is 40.1 Å². The van der Waals surface area contributed by atoms with Crippen LogP contribution in [0.4, 0.5) is 0 Å². The molecule has 0 radical (unpaired) electrons. The van der Waals surface area contributed by atoms with Gasteiger partial charge in [-0.15, -0.1) is 0 Å². The molecule has 3 rings (SSSR count). The number of aliphatic hydroxyl groups excluding tert-OH is 1. The van der Waals surface area contributed by atoms with Crippen LogP contribution in [0.25, 0.3) is 0 Å². The average Bonchev–Trinajstić information content (AvgIpc) is 3.58. The molecular formula is C47H74N12O14. The molecule has 1 aromatic carbocycles. The Balaban J connectivity index is 2.30. The fourth-order valence-electron chi connectivity index (χ4n) is 8.28. The Kier molecular flexibility index (Phi) is 22.4. The monoisotopic (exact) mass is 1030 g/mol. The molecule has 26 nitrogen and oxygen atoms in total. The molecule has 0 spiro atoms. The van der Waals surface area contributed by atoms with Crippen LogP contribution < -0.4 is 49.1 Å². The lowest BCUT2D eigenvalue weighted by Crippen LogP contribution is -2.63. The van der Waals surface area contributed by atoms with Gasteiger partial charge in [0.1, 0.15) is 66.3 Å². The summed E-state index contributed by atoms with van der Waals surface area (Å²) in [4.78, 5) is 145. The standard InChI is InChI=1S/C47H74N12O14/c1-21(2)20-30-44(69)59(9)31(17-18-32(48)62)40(65)57-36(37(72-10)27-13-15-28(61)16-14-27)45(70)58(8)24(5)46(71)73-26(7)35(56-41(66)33-22(3)23(4)38(63)54-33)43(68)55-34(25(6)60)42(67)52-29(39(64)53-30)12-11-19-51-47(49)50/h13-16,21-26,29-31,33-37,60-61H,11-12,17-20H2,1-10H3,(H2,48,62)(H,52,67)(H,53,64)(H,54,63)(H,55,68)(H,56,66)(H,57,65)(H4,49,50,51)/t22-,23+,24-,25+,26+,29+,30?,31-,33-,34+,35?,36+,37+/m0/s1. The molecule has 0 saturated carbocycles. The molecule has 14 N–H and O–H groups in total. The highest BCUT2D eigenvalue weighted by molar-refractivity contribution is 5.99. The van der Waals surface area contributed by atoms with E-state index in [1.807, 2.05) is 0 Å². The molecule has 2 saturated heterocycles. The van der Waals surface area contributed by atoms with Crippen molar-refractivity contribution in [3.63, 3.8) is 0 Å². The van der Waals surface area contributed by atoms with Gasteiger partial charge in [-0.05, 0) is 76.0 Å². The molecule has 2 heterocycles. The quantitative estimate of drug-likeness (QED) is 0.0354. The summed E-state index contributed by atoms with van der Waals surface area (Å²) in [6.07, 6.45) is -5.55. The van der Waals surface area contributed by atoms with E-state index in [2.05, 4.69) is 36.9 Å². The number of phenols is 1. The van der Waals surface area contributed by atoms with Crippen LogP contribution in [-0.4, -0.2) is 173 Å². The van der Waals surface area contributed by atoms with E-state index in [1.165, 1.54) is 59.3 Å². The van der Waals surface area contributed by atoms with Gasteiger partial charge in [0.2, 0.25) is 53.2 Å². The number of nitrogens with two attached hydrogens (primary N) is 3. The van der Waals surface area contributed by atoms with Crippen LogP contribution in [0, 0.1) is 17.8 Å². The highest BCUT2D eigenvalue weighted by atomic mass is 16.5. The third-order valence-corrected chi connectivity index (χ3v) is 13.0. The number of guanidine groups is 1. The van der Waals surface area contributed by atoms with E-state index in [0.29, 0.717) is 0 Å². The van der Waals surface area contributed by atoms with Crippen molar-refractivity contribution < 1.29 is 67.6 Å². The third kappa shape index (κ3) is 16.5. The second-order valence-corrected chi connectivity index (χ2v) is 19.0. The third-order valence-electron chi connectivity index (χ3n) is 13.0. The Bertz CT molecular complexity index is 2210. The zero-order valence-corrected chi connectivity index (χ0v) is 43.0. The van der Waals surface area contributed by atoms with Crippen LogP contribution >= 0.6 is 0 Å². The summed E-state index contributed by atoms with van der Waals surface area (Å²) in [5.41, 5.74) is 16.8. The number of carbonyl (C=O) groups is 10. The van der Waals surface area contributed by atoms with Crippen molar-refractivity contribution in [2.75, 3.05) is 27.7 Å². The number of aliphatic hydroxyl groups is 1. The zero-order valence-electron chi connectivity index (χ0n) is 43.0. The Morgan fingerprint density at radius 3 is 1.92 bits per heavy atom. The summed E-state index contributed by atoms with van der Waals surface area (Å²) in [6, 6.07) is -7.09. The van der Waals surface area contributed by atoms with E-state index in [-0.39, 0.29) is 55.4 Å². The van der Waals surface area contributed by atoms with Crippen molar-refractivity contribution in [1.29, 1.82) is 0 Å². The highest BCUT2D eigenvalue weighted by Crippen LogP contribution is 2.27. The fourth-order valence-corrected chi connectivity index (χ4v) is 8.28. The lowest BCUT2D eigenvalue weighted by molar-refractivity contribution is -0.161. The molecule has 1 aromatic rings. The number of nitrogens with one attached hydrogen (secondary N) is 6. The molecule has 13 atom stereocenters. The van der Waals surface area contributed by atoms with E-state index >= 15 is 0 Å². The van der Waals surface area contributed by atoms with Gasteiger partial charge in [0.15, 0.2) is 5.96 Å². The van der Waals surface area contributed by atoms with E-state index < -0.39 is 144 Å². The molecule has 26 heteroatoms. The van der Waals surface area contributed by atoms with Crippen molar-refractivity contribution in [2.24, 2.45) is 39.9 Å². The van der Waals surface area contributed by atoms with Crippen LogP contribution in [-0.2, 0) is 57.4 Å². The van der Waals surface area contributed by atoms with Crippen molar-refractivity contribution in [3.05, 3.63) is 29.8 Å². The van der Waals surface area contributed by atoms with Crippen LogP contribution in [0.2, 0.25) is 0 Å². The maximum absolute atomic E-state index is 14.8. The number of nitrogens with zero attached hydrogens (tertiary/aromatic N) is 3. The number of aliphatic imine (C=N–C) groups is 1. The molecule has 0 aromatic heterocycles. The van der Waals surface area contributed by atoms with Gasteiger partial charge in [-0.2, -0.15) is 0 Å². The number of hydrogen-bond acceptors (Lipinski definition) is 15. The summed E-state index contributed by atoms with van der Waals surface area (Å²) in [6.45, 7) is 10.4. The van der Waals surface area contributed by atoms with Crippen LogP contribution in [0.5, 0.6) is 5.75 Å². The highest BCUT2D eigenvalue weighted by Gasteiger charge is 2.45. The summed E-state index contributed by atoms with van der Waals surface area (Å²) < 4.78 is 11.5. The average molecular weight is 1030 g/mol. The number of rotatable bonds is 15. The molecule has 9 amide bonds. The lowest BCUT2D eigenvalue weighted by atomic mass is 9.93. The second kappa shape index (κ2) is 27.1. The van der Waals surface area contributed by atoms with Crippen LogP contribution in [0.1, 0.15) is 92.2 Å².